The smallest absolute Gasteiger partial charge is 0.478 e. The van der Waals surface area contributed by atoms with Crippen LogP contribution < -0.4 is 18.9 Å². The monoisotopic (exact) mass is 424 g/mol. The van der Waals surface area contributed by atoms with Crippen LogP contribution in [-0.2, 0) is 9.59 Å². The molecule has 3 nitrogen and oxygen atoms in total. The van der Waals surface area contributed by atoms with Gasteiger partial charge in [0.2, 0.25) is 0 Å². The molecule has 0 fully saturated rings. The molecule has 0 aliphatic carbocycles. The Balaban J connectivity index is 0. The topological polar surface area (TPSA) is 54.4 Å². The number of carboxylic acid groups (broad SMARTS) is 1. The number of ketones is 1. The van der Waals surface area contributed by atoms with Gasteiger partial charge in [0.15, 0.2) is 5.78 Å². The van der Waals surface area contributed by atoms with Crippen molar-refractivity contribution in [3.63, 3.8) is 0 Å². The third-order valence-corrected chi connectivity index (χ3v) is 4.17. The Bertz CT molecular complexity index is 885. The van der Waals surface area contributed by atoms with Crippen molar-refractivity contribution in [1.29, 1.82) is 0 Å². The van der Waals surface area contributed by atoms with E-state index in [1.807, 2.05) is 93.6 Å². The maximum absolute atomic E-state index is 11.0. The van der Waals surface area contributed by atoms with Gasteiger partial charge in [0.25, 0.3) is 0 Å². The maximum Gasteiger partial charge on any atom is 1.00 e. The number of carbonyl (C=O) groups excluding carboxylic acids is 1. The Kier molecular flexibility index (Phi) is 16.4. The van der Waals surface area contributed by atoms with Gasteiger partial charge >= 0.3 is 24.8 Å². The number of carbonyl (C=O) groups is 2. The Hall–Kier alpha value is -2.86. The molecule has 0 amide bonds. The van der Waals surface area contributed by atoms with Crippen LogP contribution in [0.2, 0.25) is 0 Å². The summed E-state index contributed by atoms with van der Waals surface area (Å²) in [7, 11) is 0. The van der Waals surface area contributed by atoms with Crippen LogP contribution in [0.15, 0.2) is 95.1 Å². The molecule has 0 aliphatic rings. The summed E-state index contributed by atoms with van der Waals surface area (Å²) in [5.74, 6) is -0.758. The van der Waals surface area contributed by atoms with E-state index in [0.717, 1.165) is 27.8 Å². The molecule has 2 aromatic carbocycles. The fourth-order valence-corrected chi connectivity index (χ4v) is 2.55. The van der Waals surface area contributed by atoms with Gasteiger partial charge in [-0.15, -0.1) is 0 Å². The number of benzene rings is 2. The van der Waals surface area contributed by atoms with Crippen LogP contribution in [0.25, 0.3) is 12.2 Å². The summed E-state index contributed by atoms with van der Waals surface area (Å²) in [5.41, 5.74) is 5.39. The van der Waals surface area contributed by atoms with Gasteiger partial charge in [0.1, 0.15) is 0 Å². The molecule has 0 saturated heterocycles. The van der Waals surface area contributed by atoms with E-state index in [4.69, 9.17) is 5.11 Å². The van der Waals surface area contributed by atoms with E-state index in [0.29, 0.717) is 5.57 Å². The maximum atomic E-state index is 11.0. The molecule has 2 aromatic rings. The predicted molar refractivity (Wildman–Crippen MR) is 132 cm³/mol. The first-order chi connectivity index (χ1) is 14.2. The van der Waals surface area contributed by atoms with Crippen molar-refractivity contribution in [2.45, 2.75) is 34.6 Å². The van der Waals surface area contributed by atoms with Crippen molar-refractivity contribution in [3.8, 4) is 0 Å². The molecule has 0 unspecified atom stereocenters. The molecule has 0 saturated carbocycles. The van der Waals surface area contributed by atoms with Crippen LogP contribution >= 0.6 is 0 Å². The SMILES string of the molecule is CC(=C\c1ccccc1)/C=C(\C)C(=O)O.CC(=O)/C(C)=C/C(C)=C/c1ccccc1.[CH3-].[Li+]. The Morgan fingerprint density at radius 1 is 0.656 bits per heavy atom. The third kappa shape index (κ3) is 13.4. The Morgan fingerprint density at radius 3 is 1.31 bits per heavy atom. The van der Waals surface area contributed by atoms with Crippen molar-refractivity contribution in [1.82, 2.24) is 0 Å². The van der Waals surface area contributed by atoms with E-state index in [9.17, 15) is 9.59 Å². The van der Waals surface area contributed by atoms with Crippen molar-refractivity contribution in [2.24, 2.45) is 0 Å². The van der Waals surface area contributed by atoms with Crippen LogP contribution in [0.1, 0.15) is 45.7 Å². The first-order valence-electron chi connectivity index (χ1n) is 9.76. The predicted octanol–water partition coefficient (Wildman–Crippen LogP) is 4.20. The fraction of sp³-hybridized carbons (Fsp3) is 0.179. The van der Waals surface area contributed by atoms with E-state index in [1.54, 1.807) is 19.9 Å². The van der Waals surface area contributed by atoms with Crippen LogP contribution in [0.5, 0.6) is 0 Å². The van der Waals surface area contributed by atoms with Gasteiger partial charge in [0, 0.05) is 5.57 Å². The molecule has 32 heavy (non-hydrogen) atoms. The zero-order valence-corrected chi connectivity index (χ0v) is 20.3. The second-order valence-electron chi connectivity index (χ2n) is 7.11. The first-order valence-corrected chi connectivity index (χ1v) is 9.76. The number of hydrogen-bond donors (Lipinski definition) is 1. The van der Waals surface area contributed by atoms with Gasteiger partial charge in [0.05, 0.1) is 0 Å². The summed E-state index contributed by atoms with van der Waals surface area (Å²) < 4.78 is 0. The van der Waals surface area contributed by atoms with Crippen molar-refractivity contribution in [2.75, 3.05) is 0 Å². The Labute approximate surface area is 205 Å². The van der Waals surface area contributed by atoms with E-state index in [2.05, 4.69) is 6.08 Å². The summed E-state index contributed by atoms with van der Waals surface area (Å²) in [4.78, 5) is 21.6. The number of Topliss-reactive ketones (excluding diaryl/α,β-unsaturated/α-hetero) is 1. The van der Waals surface area contributed by atoms with E-state index in [-0.39, 0.29) is 32.1 Å². The van der Waals surface area contributed by atoms with E-state index >= 15 is 0 Å². The van der Waals surface area contributed by atoms with Gasteiger partial charge in [-0.2, -0.15) is 0 Å². The molecule has 1 N–H and O–H groups in total. The van der Waals surface area contributed by atoms with Gasteiger partial charge in [-0.3, -0.25) is 4.79 Å². The van der Waals surface area contributed by atoms with E-state index < -0.39 is 5.97 Å². The summed E-state index contributed by atoms with van der Waals surface area (Å²) in [6.07, 6.45) is 7.59. The van der Waals surface area contributed by atoms with Gasteiger partial charge < -0.3 is 12.5 Å². The molecule has 0 atom stereocenters. The fourth-order valence-electron chi connectivity index (χ4n) is 2.55. The standard InChI is InChI=1S/C14H16O.C13H14O2.CH3.Li/c1-11(9-12(2)13(3)15)10-14-7-5-4-6-8-14;1-10(8-11(2)13(14)15)9-12-6-4-3-5-7-12;;/h4-10H,1-3H3;3-9H,1-2H3,(H,14,15);1H3;/q;;-1;+1/b11-10+,12-9+;10-9+,11-8+;;. The van der Waals surface area contributed by atoms with Crippen molar-refractivity contribution in [3.05, 3.63) is 114 Å². The van der Waals surface area contributed by atoms with Crippen LogP contribution in [0.3, 0.4) is 0 Å². The largest absolute Gasteiger partial charge is 1.00 e. The summed E-state index contributed by atoms with van der Waals surface area (Å²) in [6.45, 7) is 8.90. The van der Waals surface area contributed by atoms with Crippen LogP contribution in [0, 0.1) is 7.43 Å². The quantitative estimate of drug-likeness (QED) is 0.327. The molecule has 0 spiro atoms. The van der Waals surface area contributed by atoms with Gasteiger partial charge in [-0.1, -0.05) is 90.0 Å². The molecule has 0 bridgehead atoms. The van der Waals surface area contributed by atoms with Gasteiger partial charge in [-0.05, 0) is 57.4 Å². The molecule has 0 heterocycles. The van der Waals surface area contributed by atoms with Crippen LogP contribution in [-0.4, -0.2) is 16.9 Å². The number of hydrogen-bond acceptors (Lipinski definition) is 2. The number of carboxylic acids is 1. The minimum absolute atomic E-state index is 0. The molecule has 0 aromatic heterocycles. The molecule has 2 rings (SSSR count). The van der Waals surface area contributed by atoms with Gasteiger partial charge in [-0.25, -0.2) is 4.79 Å². The summed E-state index contributed by atoms with van der Waals surface area (Å²) in [6, 6.07) is 19.9. The molecule has 164 valence electrons. The van der Waals surface area contributed by atoms with Crippen molar-refractivity contribution < 1.29 is 33.6 Å². The first kappa shape index (κ1) is 31.3. The number of aliphatic carboxylic acids is 1. The molecule has 0 aliphatic heterocycles. The minimum atomic E-state index is -0.879. The second-order valence-corrected chi connectivity index (χ2v) is 7.11. The summed E-state index contributed by atoms with van der Waals surface area (Å²) in [5, 5.41) is 8.70. The average molecular weight is 425 g/mol. The molecular formula is C28H33LiO3. The molecule has 0 radical (unpaired) electrons. The number of allylic oxidation sites excluding steroid dienone is 5. The zero-order chi connectivity index (χ0) is 22.5. The van der Waals surface area contributed by atoms with Crippen LogP contribution in [0.4, 0.5) is 0 Å². The average Bonchev–Trinajstić information content (AvgIpc) is 2.69. The minimum Gasteiger partial charge on any atom is -0.478 e. The third-order valence-electron chi connectivity index (χ3n) is 4.17. The second kappa shape index (κ2) is 16.8. The van der Waals surface area contributed by atoms with Crippen molar-refractivity contribution >= 4 is 23.9 Å². The normalized spacial score (nSPS) is 11.9. The zero-order valence-electron chi connectivity index (χ0n) is 20.3. The summed E-state index contributed by atoms with van der Waals surface area (Å²) >= 11 is 0. The molecule has 4 heteroatoms. The Morgan fingerprint density at radius 2 is 1.00 bits per heavy atom. The number of rotatable bonds is 6. The molecular weight excluding hydrogens is 391 g/mol. The van der Waals surface area contributed by atoms with E-state index in [1.165, 1.54) is 0 Å².